The number of aliphatic hydroxyl groups excluding tert-OH is 1. The van der Waals surface area contributed by atoms with Crippen molar-refractivity contribution >= 4 is 23.7 Å². The van der Waals surface area contributed by atoms with Crippen LogP contribution in [0.5, 0.6) is 0 Å². The molecule has 240 valence electrons. The van der Waals surface area contributed by atoms with E-state index in [1.54, 1.807) is 6.92 Å². The minimum Gasteiger partial charge on any atom is -0.463 e. The molecule has 5 aliphatic rings. The van der Waals surface area contributed by atoms with Crippen LogP contribution in [-0.4, -0.2) is 72.2 Å². The van der Waals surface area contributed by atoms with E-state index >= 15 is 0 Å². The molecule has 1 heterocycles. The molecule has 4 aliphatic carbocycles. The Bertz CT molecular complexity index is 1150. The van der Waals surface area contributed by atoms with Crippen LogP contribution in [0.2, 0.25) is 0 Å². The fraction of sp³-hybridized carbons (Fsp3) is 0.818. The van der Waals surface area contributed by atoms with Crippen LogP contribution in [0.15, 0.2) is 11.6 Å². The molecular formula is C33H48O10. The highest BCUT2D eigenvalue weighted by Crippen LogP contribution is 2.66. The molecule has 1 N–H and O–H groups in total. The van der Waals surface area contributed by atoms with Gasteiger partial charge in [0.15, 0.2) is 18.5 Å². The molecule has 3 saturated carbocycles. The van der Waals surface area contributed by atoms with Gasteiger partial charge in [-0.05, 0) is 86.9 Å². The Morgan fingerprint density at radius 1 is 0.907 bits per heavy atom. The Kier molecular flexibility index (Phi) is 9.14. The van der Waals surface area contributed by atoms with Crippen LogP contribution in [0.3, 0.4) is 0 Å². The van der Waals surface area contributed by atoms with Gasteiger partial charge in [-0.1, -0.05) is 25.5 Å². The number of ketones is 1. The zero-order chi connectivity index (χ0) is 31.3. The molecule has 1 saturated heterocycles. The van der Waals surface area contributed by atoms with Crippen LogP contribution in [-0.2, 0) is 42.9 Å². The van der Waals surface area contributed by atoms with Gasteiger partial charge in [0.05, 0.1) is 6.10 Å². The third-order valence-electron chi connectivity index (χ3n) is 11.5. The summed E-state index contributed by atoms with van der Waals surface area (Å²) in [4.78, 5) is 47.8. The number of ether oxygens (including phenoxy) is 5. The van der Waals surface area contributed by atoms with Gasteiger partial charge in [0.25, 0.3) is 0 Å². The van der Waals surface area contributed by atoms with E-state index in [4.69, 9.17) is 23.7 Å². The second kappa shape index (κ2) is 12.2. The van der Waals surface area contributed by atoms with Crippen LogP contribution in [0, 0.1) is 34.5 Å². The summed E-state index contributed by atoms with van der Waals surface area (Å²) < 4.78 is 28.4. The van der Waals surface area contributed by atoms with Crippen LogP contribution < -0.4 is 0 Å². The first kappa shape index (κ1) is 32.1. The SMILES string of the molecule is CC(=O)OC[C@H]1O[C@H](O[C@H]2CC[C@@]3(C)C(=CC[C@H]4[C@@H]5CC[C@H](C(C)=O)[C@@]5(C)CC[C@@H]43)C2)[C@H](O)[C@@H](OC(C)=O)[C@@H]1OC(C)=O. The zero-order valence-electron chi connectivity index (χ0n) is 26.3. The highest BCUT2D eigenvalue weighted by Gasteiger charge is 2.60. The van der Waals surface area contributed by atoms with E-state index < -0.39 is 48.6 Å². The van der Waals surface area contributed by atoms with Gasteiger partial charge in [0, 0.05) is 26.7 Å². The van der Waals surface area contributed by atoms with Gasteiger partial charge in [-0.3, -0.25) is 19.2 Å². The Balaban J connectivity index is 1.31. The van der Waals surface area contributed by atoms with Crippen molar-refractivity contribution in [2.24, 2.45) is 34.5 Å². The van der Waals surface area contributed by atoms with Crippen LogP contribution in [0.4, 0.5) is 0 Å². The second-order valence-corrected chi connectivity index (χ2v) is 14.0. The lowest BCUT2D eigenvalue weighted by molar-refractivity contribution is -0.316. The first-order chi connectivity index (χ1) is 20.2. The van der Waals surface area contributed by atoms with Crippen molar-refractivity contribution in [3.8, 4) is 0 Å². The predicted octanol–water partition coefficient (Wildman–Crippen LogP) is 4.05. The number of fused-ring (bicyclic) bond motifs is 5. The van der Waals surface area contributed by atoms with Gasteiger partial charge < -0.3 is 28.8 Å². The first-order valence-corrected chi connectivity index (χ1v) is 15.9. The van der Waals surface area contributed by atoms with Crippen molar-refractivity contribution in [3.63, 3.8) is 0 Å². The monoisotopic (exact) mass is 604 g/mol. The molecule has 10 heteroatoms. The lowest BCUT2D eigenvalue weighted by atomic mass is 9.47. The topological polar surface area (TPSA) is 135 Å². The molecule has 0 bridgehead atoms. The smallest absolute Gasteiger partial charge is 0.303 e. The van der Waals surface area contributed by atoms with Crippen LogP contribution in [0.25, 0.3) is 0 Å². The van der Waals surface area contributed by atoms with Crippen molar-refractivity contribution in [1.82, 2.24) is 0 Å². The molecule has 10 nitrogen and oxygen atoms in total. The lowest BCUT2D eigenvalue weighted by Gasteiger charge is -2.58. The van der Waals surface area contributed by atoms with Gasteiger partial charge in [0.1, 0.15) is 24.6 Å². The summed E-state index contributed by atoms with van der Waals surface area (Å²) in [6.45, 7) is 9.91. The number of Topliss-reactive ketones (excluding diaryl/α,β-unsaturated/α-hetero) is 1. The van der Waals surface area contributed by atoms with Crippen LogP contribution in [0.1, 0.15) is 92.9 Å². The fourth-order valence-corrected chi connectivity index (χ4v) is 9.60. The maximum Gasteiger partial charge on any atom is 0.303 e. The van der Waals surface area contributed by atoms with Crippen molar-refractivity contribution in [3.05, 3.63) is 11.6 Å². The molecule has 12 atom stereocenters. The Hall–Kier alpha value is -2.30. The summed E-state index contributed by atoms with van der Waals surface area (Å²) in [5.74, 6) is 0.388. The largest absolute Gasteiger partial charge is 0.463 e. The highest BCUT2D eigenvalue weighted by atomic mass is 16.7. The van der Waals surface area contributed by atoms with E-state index in [2.05, 4.69) is 19.9 Å². The van der Waals surface area contributed by atoms with Crippen molar-refractivity contribution in [1.29, 1.82) is 0 Å². The summed E-state index contributed by atoms with van der Waals surface area (Å²) in [6, 6.07) is 0. The molecule has 5 rings (SSSR count). The number of carbonyl (C=O) groups excluding carboxylic acids is 4. The summed E-state index contributed by atoms with van der Waals surface area (Å²) in [6.07, 6.45) is 3.91. The van der Waals surface area contributed by atoms with Gasteiger partial charge >= 0.3 is 17.9 Å². The zero-order valence-corrected chi connectivity index (χ0v) is 26.3. The normalized spacial score (nSPS) is 43.7. The van der Waals surface area contributed by atoms with Gasteiger partial charge in [-0.25, -0.2) is 0 Å². The first-order valence-electron chi connectivity index (χ1n) is 15.9. The predicted molar refractivity (Wildman–Crippen MR) is 153 cm³/mol. The number of aliphatic hydroxyl groups is 1. The Morgan fingerprint density at radius 3 is 2.26 bits per heavy atom. The number of rotatable bonds is 7. The summed E-state index contributed by atoms with van der Waals surface area (Å²) >= 11 is 0. The third kappa shape index (κ3) is 6.03. The van der Waals surface area contributed by atoms with Crippen molar-refractivity contribution in [2.75, 3.05) is 6.61 Å². The molecule has 43 heavy (non-hydrogen) atoms. The molecular weight excluding hydrogens is 556 g/mol. The van der Waals surface area contributed by atoms with Gasteiger partial charge in [-0.15, -0.1) is 0 Å². The molecule has 0 aromatic rings. The molecule has 0 spiro atoms. The molecule has 1 aliphatic heterocycles. The van der Waals surface area contributed by atoms with Crippen molar-refractivity contribution < 1.29 is 48.0 Å². The average Bonchev–Trinajstić information content (AvgIpc) is 3.28. The van der Waals surface area contributed by atoms with Crippen LogP contribution >= 0.6 is 0 Å². The van der Waals surface area contributed by atoms with E-state index in [9.17, 15) is 24.3 Å². The second-order valence-electron chi connectivity index (χ2n) is 14.0. The maximum absolute atomic E-state index is 12.5. The molecule has 0 aromatic heterocycles. The average molecular weight is 605 g/mol. The Labute approximate surface area is 254 Å². The summed E-state index contributed by atoms with van der Waals surface area (Å²) in [7, 11) is 0. The van der Waals surface area contributed by atoms with Crippen molar-refractivity contribution in [2.45, 2.75) is 130 Å². The third-order valence-corrected chi connectivity index (χ3v) is 11.5. The molecule has 4 fully saturated rings. The van der Waals surface area contributed by atoms with E-state index in [-0.39, 0.29) is 29.5 Å². The number of esters is 3. The number of hydrogen-bond donors (Lipinski definition) is 1. The van der Waals surface area contributed by atoms with E-state index in [0.29, 0.717) is 30.0 Å². The molecule has 0 aromatic carbocycles. The number of carbonyl (C=O) groups is 4. The van der Waals surface area contributed by atoms with Gasteiger partial charge in [-0.2, -0.15) is 0 Å². The number of hydrogen-bond acceptors (Lipinski definition) is 10. The summed E-state index contributed by atoms with van der Waals surface area (Å²) in [5.41, 5.74) is 1.54. The maximum atomic E-state index is 12.5. The Morgan fingerprint density at radius 2 is 1.60 bits per heavy atom. The minimum atomic E-state index is -1.42. The number of allylic oxidation sites excluding steroid dienone is 1. The van der Waals surface area contributed by atoms with E-state index in [1.165, 1.54) is 26.3 Å². The van der Waals surface area contributed by atoms with Gasteiger partial charge in [0.2, 0.25) is 0 Å². The quantitative estimate of drug-likeness (QED) is 0.258. The molecule has 0 unspecified atom stereocenters. The highest BCUT2D eigenvalue weighted by molar-refractivity contribution is 5.79. The lowest BCUT2D eigenvalue weighted by Crippen LogP contribution is -2.62. The minimum absolute atomic E-state index is 0.0585. The van der Waals surface area contributed by atoms with E-state index in [1.807, 2.05) is 0 Å². The van der Waals surface area contributed by atoms with E-state index in [0.717, 1.165) is 44.9 Å². The molecule has 0 radical (unpaired) electrons. The summed E-state index contributed by atoms with van der Waals surface area (Å²) in [5, 5.41) is 11.2. The fourth-order valence-electron chi connectivity index (χ4n) is 9.60. The standard InChI is InChI=1S/C33H48O10/c1-17(34)24-9-10-25-23-8-7-21-15-22(11-13-32(21,5)26(23)12-14-33(24,25)6)42-31-28(38)30(41-20(4)37)29(40-19(3)36)27(43-31)16-39-18(2)35/h7,22-31,38H,8-16H2,1-6H3/t22-,23-,24+,25-,26-,27+,28+,29+,30+,31-,32-,33+/m0/s1. The molecule has 0 amide bonds.